The Bertz CT molecular complexity index is 426. The first-order chi connectivity index (χ1) is 9.15. The Morgan fingerprint density at radius 3 is 2.79 bits per heavy atom. The van der Waals surface area contributed by atoms with E-state index in [0.29, 0.717) is 29.8 Å². The van der Waals surface area contributed by atoms with Crippen molar-refractivity contribution in [1.29, 1.82) is 0 Å². The normalized spacial score (nSPS) is 15.4. The van der Waals surface area contributed by atoms with Crippen molar-refractivity contribution in [3.05, 3.63) is 17.0 Å². The van der Waals surface area contributed by atoms with Gasteiger partial charge in [-0.25, -0.2) is 9.97 Å². The molecule has 1 aliphatic rings. The summed E-state index contributed by atoms with van der Waals surface area (Å²) in [5.41, 5.74) is 0. The van der Waals surface area contributed by atoms with E-state index < -0.39 is 0 Å². The number of anilines is 1. The molecule has 104 valence electrons. The molecule has 0 aliphatic carbocycles. The summed E-state index contributed by atoms with van der Waals surface area (Å²) in [5, 5.41) is 3.53. The predicted molar refractivity (Wildman–Crippen MR) is 75.3 cm³/mol. The summed E-state index contributed by atoms with van der Waals surface area (Å²) < 4.78 is 0. The molecule has 0 saturated carbocycles. The van der Waals surface area contributed by atoms with Crippen LogP contribution in [0, 0.1) is 6.92 Å². The van der Waals surface area contributed by atoms with Gasteiger partial charge >= 0.3 is 0 Å². The zero-order chi connectivity index (χ0) is 13.7. The molecule has 5 nitrogen and oxygen atoms in total. The Kier molecular flexibility index (Phi) is 4.96. The average molecular weight is 283 g/mol. The summed E-state index contributed by atoms with van der Waals surface area (Å²) in [7, 11) is 0. The van der Waals surface area contributed by atoms with Crippen LogP contribution in [0.5, 0.6) is 0 Å². The Hall–Kier alpha value is -1.36. The zero-order valence-corrected chi connectivity index (χ0v) is 11.9. The number of aryl methyl sites for hydroxylation is 1. The van der Waals surface area contributed by atoms with Crippen LogP contribution in [0.15, 0.2) is 6.07 Å². The Morgan fingerprint density at radius 2 is 2.11 bits per heavy atom. The standard InChI is InChI=1S/C13H19ClN4O/c1-10-16-11(14)9-12(17-10)15-6-5-13(19)18-7-3-2-4-8-18/h9H,2-8H2,1H3,(H,15,16,17). The number of carbonyl (C=O) groups excluding carboxylic acids is 1. The van der Waals surface area contributed by atoms with Crippen LogP contribution in [0.2, 0.25) is 5.15 Å². The number of rotatable bonds is 4. The van der Waals surface area contributed by atoms with Gasteiger partial charge in [0.25, 0.3) is 0 Å². The number of hydrogen-bond acceptors (Lipinski definition) is 4. The predicted octanol–water partition coefficient (Wildman–Crippen LogP) is 2.25. The van der Waals surface area contributed by atoms with Crippen LogP contribution in [0.1, 0.15) is 31.5 Å². The van der Waals surface area contributed by atoms with Gasteiger partial charge in [-0.3, -0.25) is 4.79 Å². The van der Waals surface area contributed by atoms with Gasteiger partial charge in [0.1, 0.15) is 16.8 Å². The first-order valence-electron chi connectivity index (χ1n) is 6.68. The molecule has 0 atom stereocenters. The molecule has 1 aromatic heterocycles. The van der Waals surface area contributed by atoms with Crippen LogP contribution in [0.25, 0.3) is 0 Å². The van der Waals surface area contributed by atoms with Gasteiger partial charge in [-0.1, -0.05) is 11.6 Å². The number of carbonyl (C=O) groups is 1. The molecule has 1 aromatic rings. The molecule has 0 aromatic carbocycles. The number of halogens is 1. The minimum Gasteiger partial charge on any atom is -0.369 e. The number of nitrogens with one attached hydrogen (secondary N) is 1. The van der Waals surface area contributed by atoms with E-state index >= 15 is 0 Å². The monoisotopic (exact) mass is 282 g/mol. The fourth-order valence-corrected chi connectivity index (χ4v) is 2.45. The van der Waals surface area contributed by atoms with Crippen LogP contribution in [-0.2, 0) is 4.79 Å². The highest BCUT2D eigenvalue weighted by Crippen LogP contribution is 2.12. The van der Waals surface area contributed by atoms with Crippen molar-refractivity contribution in [3.63, 3.8) is 0 Å². The van der Waals surface area contributed by atoms with E-state index in [4.69, 9.17) is 11.6 Å². The van der Waals surface area contributed by atoms with E-state index in [2.05, 4.69) is 15.3 Å². The largest absolute Gasteiger partial charge is 0.369 e. The maximum atomic E-state index is 11.9. The van der Waals surface area contributed by atoms with Crippen molar-refractivity contribution in [3.8, 4) is 0 Å². The van der Waals surface area contributed by atoms with Crippen molar-refractivity contribution in [2.24, 2.45) is 0 Å². The number of aromatic nitrogens is 2. The molecule has 0 spiro atoms. The molecular formula is C13H19ClN4O. The van der Waals surface area contributed by atoms with Crippen LogP contribution >= 0.6 is 11.6 Å². The third kappa shape index (κ3) is 4.35. The van der Waals surface area contributed by atoms with E-state index in [1.807, 2.05) is 4.90 Å². The van der Waals surface area contributed by atoms with E-state index in [-0.39, 0.29) is 5.91 Å². The second-order valence-corrected chi connectivity index (χ2v) is 5.13. The first kappa shape index (κ1) is 14.1. The lowest BCUT2D eigenvalue weighted by atomic mass is 10.1. The van der Waals surface area contributed by atoms with E-state index in [1.165, 1.54) is 6.42 Å². The summed E-state index contributed by atoms with van der Waals surface area (Å²) in [4.78, 5) is 22.1. The molecule has 1 aliphatic heterocycles. The van der Waals surface area contributed by atoms with Crippen molar-refractivity contribution in [1.82, 2.24) is 14.9 Å². The minimum atomic E-state index is 0.212. The number of piperidine rings is 1. The summed E-state index contributed by atoms with van der Waals surface area (Å²) in [5.74, 6) is 1.50. The smallest absolute Gasteiger partial charge is 0.224 e. The Balaban J connectivity index is 1.77. The van der Waals surface area contributed by atoms with Crippen LogP contribution in [-0.4, -0.2) is 40.4 Å². The highest BCUT2D eigenvalue weighted by molar-refractivity contribution is 6.29. The molecule has 0 bridgehead atoms. The third-order valence-corrected chi connectivity index (χ3v) is 3.35. The van der Waals surface area contributed by atoms with Gasteiger partial charge in [0.05, 0.1) is 0 Å². The van der Waals surface area contributed by atoms with E-state index in [0.717, 1.165) is 25.9 Å². The number of hydrogen-bond donors (Lipinski definition) is 1. The molecule has 0 unspecified atom stereocenters. The maximum Gasteiger partial charge on any atom is 0.224 e. The van der Waals surface area contributed by atoms with E-state index in [9.17, 15) is 4.79 Å². The van der Waals surface area contributed by atoms with Gasteiger partial charge in [-0.05, 0) is 26.2 Å². The first-order valence-corrected chi connectivity index (χ1v) is 7.06. The lowest BCUT2D eigenvalue weighted by Gasteiger charge is -2.26. The fraction of sp³-hybridized carbons (Fsp3) is 0.615. The Labute approximate surface area is 118 Å². The molecule has 1 amide bonds. The second-order valence-electron chi connectivity index (χ2n) is 4.74. The van der Waals surface area contributed by atoms with Crippen molar-refractivity contribution in [2.45, 2.75) is 32.6 Å². The van der Waals surface area contributed by atoms with Gasteiger partial charge in [-0.2, -0.15) is 0 Å². The molecule has 2 rings (SSSR count). The quantitative estimate of drug-likeness (QED) is 0.861. The number of likely N-dealkylation sites (tertiary alicyclic amines) is 1. The summed E-state index contributed by atoms with van der Waals surface area (Å²) >= 11 is 5.85. The van der Waals surface area contributed by atoms with E-state index in [1.54, 1.807) is 13.0 Å². The fourth-order valence-electron chi connectivity index (χ4n) is 2.22. The van der Waals surface area contributed by atoms with Crippen LogP contribution < -0.4 is 5.32 Å². The van der Waals surface area contributed by atoms with Crippen molar-refractivity contribution >= 4 is 23.3 Å². The molecule has 19 heavy (non-hydrogen) atoms. The molecule has 1 saturated heterocycles. The lowest BCUT2D eigenvalue weighted by molar-refractivity contribution is -0.131. The second kappa shape index (κ2) is 6.70. The SMILES string of the molecule is Cc1nc(Cl)cc(NCCC(=O)N2CCCCC2)n1. The van der Waals surface area contributed by atoms with Gasteiger partial charge in [0, 0.05) is 32.1 Å². The highest BCUT2D eigenvalue weighted by Gasteiger charge is 2.15. The van der Waals surface area contributed by atoms with Gasteiger partial charge in [0.15, 0.2) is 0 Å². The van der Waals surface area contributed by atoms with Gasteiger partial charge in [-0.15, -0.1) is 0 Å². The summed E-state index contributed by atoms with van der Waals surface area (Å²) in [6.07, 6.45) is 3.97. The number of nitrogens with zero attached hydrogens (tertiary/aromatic N) is 3. The van der Waals surface area contributed by atoms with Gasteiger partial charge < -0.3 is 10.2 Å². The maximum absolute atomic E-state index is 11.9. The average Bonchev–Trinajstić information content (AvgIpc) is 2.38. The summed E-state index contributed by atoms with van der Waals surface area (Å²) in [6.45, 7) is 4.16. The van der Waals surface area contributed by atoms with Crippen molar-refractivity contribution < 1.29 is 4.79 Å². The Morgan fingerprint density at radius 1 is 1.37 bits per heavy atom. The minimum absolute atomic E-state index is 0.212. The van der Waals surface area contributed by atoms with Crippen LogP contribution in [0.4, 0.5) is 5.82 Å². The molecule has 2 heterocycles. The molecule has 6 heteroatoms. The highest BCUT2D eigenvalue weighted by atomic mass is 35.5. The van der Waals surface area contributed by atoms with Crippen molar-refractivity contribution in [2.75, 3.05) is 25.0 Å². The molecular weight excluding hydrogens is 264 g/mol. The topological polar surface area (TPSA) is 58.1 Å². The van der Waals surface area contributed by atoms with Gasteiger partial charge in [0.2, 0.25) is 5.91 Å². The zero-order valence-electron chi connectivity index (χ0n) is 11.2. The van der Waals surface area contributed by atoms with Crippen LogP contribution in [0.3, 0.4) is 0 Å². The summed E-state index contributed by atoms with van der Waals surface area (Å²) in [6, 6.07) is 1.67. The molecule has 0 radical (unpaired) electrons. The third-order valence-electron chi connectivity index (χ3n) is 3.16. The molecule has 1 fully saturated rings. The number of amides is 1. The molecule has 1 N–H and O–H groups in total. The lowest BCUT2D eigenvalue weighted by Crippen LogP contribution is -2.36.